The maximum atomic E-state index is 13.4. The average Bonchev–Trinajstić information content (AvgIpc) is 2.91. The number of anilines is 1. The summed E-state index contributed by atoms with van der Waals surface area (Å²) >= 11 is 1.65. The Bertz CT molecular complexity index is 1150. The minimum absolute atomic E-state index is 0.0186. The van der Waals surface area contributed by atoms with Crippen molar-refractivity contribution >= 4 is 35.3 Å². The van der Waals surface area contributed by atoms with E-state index >= 15 is 0 Å². The highest BCUT2D eigenvalue weighted by Gasteiger charge is 2.43. The topological polar surface area (TPSA) is 53.1 Å². The van der Waals surface area contributed by atoms with Crippen molar-refractivity contribution in [3.05, 3.63) is 64.8 Å². The van der Waals surface area contributed by atoms with Gasteiger partial charge in [-0.3, -0.25) is 9.59 Å². The smallest absolute Gasteiger partial charge is 0.260 e. The number of carbonyl (C=O) groups excluding carboxylic acids is 2. The summed E-state index contributed by atoms with van der Waals surface area (Å²) in [5.74, 6) is 0.695. The quantitative estimate of drug-likeness (QED) is 0.577. The molecule has 0 aromatic heterocycles. The summed E-state index contributed by atoms with van der Waals surface area (Å²) in [6.45, 7) is 2.81. The molecule has 0 N–H and O–H groups in total. The molecule has 1 saturated carbocycles. The molecule has 3 atom stereocenters. The van der Waals surface area contributed by atoms with E-state index in [0.29, 0.717) is 24.8 Å². The molecule has 6 nitrogen and oxygen atoms in total. The molecule has 2 aliphatic heterocycles. The van der Waals surface area contributed by atoms with Crippen LogP contribution in [0.2, 0.25) is 0 Å². The lowest BCUT2D eigenvalue weighted by molar-refractivity contribution is -0.139. The molecule has 2 aromatic rings. The number of nitrogens with zero attached hydrogens (tertiary/aromatic N) is 3. The Labute approximate surface area is 216 Å². The van der Waals surface area contributed by atoms with Crippen LogP contribution in [0.25, 0.3) is 6.08 Å². The SMILES string of the molecule is COc1cccc(/C=C2\SC3CCC(C(=O)N4CCN(c5ccc(F)cc5)CC4)CC3N(C)C2=O)c1. The van der Waals surface area contributed by atoms with Gasteiger partial charge in [-0.05, 0) is 67.3 Å². The number of hydrogen-bond acceptors (Lipinski definition) is 5. The van der Waals surface area contributed by atoms with Gasteiger partial charge in [-0.2, -0.15) is 0 Å². The molecule has 3 aliphatic rings. The number of likely N-dealkylation sites (N-methyl/N-ethyl adjacent to an activating group) is 1. The zero-order valence-electron chi connectivity index (χ0n) is 20.7. The van der Waals surface area contributed by atoms with Crippen LogP contribution in [0.4, 0.5) is 10.1 Å². The number of piperazine rings is 1. The Hall–Kier alpha value is -3.00. The van der Waals surface area contributed by atoms with Crippen molar-refractivity contribution in [3.63, 3.8) is 0 Å². The maximum absolute atomic E-state index is 13.4. The van der Waals surface area contributed by atoms with E-state index in [1.165, 1.54) is 12.1 Å². The van der Waals surface area contributed by atoms with E-state index in [9.17, 15) is 14.0 Å². The van der Waals surface area contributed by atoms with Crippen molar-refractivity contribution < 1.29 is 18.7 Å². The third-order valence-corrected chi connectivity index (χ3v) is 8.98. The fourth-order valence-corrected chi connectivity index (χ4v) is 6.98. The maximum Gasteiger partial charge on any atom is 0.260 e. The van der Waals surface area contributed by atoms with Gasteiger partial charge in [-0.1, -0.05) is 12.1 Å². The van der Waals surface area contributed by atoms with Crippen LogP contribution >= 0.6 is 11.8 Å². The lowest BCUT2D eigenvalue weighted by Gasteiger charge is -2.45. The number of ether oxygens (including phenoxy) is 1. The van der Waals surface area contributed by atoms with Crippen LogP contribution < -0.4 is 9.64 Å². The summed E-state index contributed by atoms with van der Waals surface area (Å²) in [4.78, 5) is 33.3. The second-order valence-corrected chi connectivity index (χ2v) is 11.0. The van der Waals surface area contributed by atoms with E-state index < -0.39 is 0 Å². The van der Waals surface area contributed by atoms with Gasteiger partial charge in [0.1, 0.15) is 11.6 Å². The summed E-state index contributed by atoms with van der Waals surface area (Å²) in [5.41, 5.74) is 1.93. The summed E-state index contributed by atoms with van der Waals surface area (Å²) in [6, 6.07) is 14.3. The van der Waals surface area contributed by atoms with Crippen molar-refractivity contribution in [2.45, 2.75) is 30.6 Å². The summed E-state index contributed by atoms with van der Waals surface area (Å²) in [6.07, 6.45) is 4.41. The molecule has 2 heterocycles. The number of halogens is 1. The van der Waals surface area contributed by atoms with Crippen molar-refractivity contribution in [2.75, 3.05) is 45.2 Å². The first kappa shape index (κ1) is 24.7. The Morgan fingerprint density at radius 1 is 1.08 bits per heavy atom. The van der Waals surface area contributed by atoms with Crippen LogP contribution in [0.5, 0.6) is 5.75 Å². The van der Waals surface area contributed by atoms with Gasteiger partial charge in [-0.25, -0.2) is 4.39 Å². The van der Waals surface area contributed by atoms with Gasteiger partial charge in [0.25, 0.3) is 5.91 Å². The van der Waals surface area contributed by atoms with Crippen molar-refractivity contribution in [1.29, 1.82) is 0 Å². The van der Waals surface area contributed by atoms with Gasteiger partial charge >= 0.3 is 0 Å². The summed E-state index contributed by atoms with van der Waals surface area (Å²) < 4.78 is 18.6. The van der Waals surface area contributed by atoms with Crippen molar-refractivity contribution in [3.8, 4) is 5.75 Å². The molecule has 190 valence electrons. The lowest BCUT2D eigenvalue weighted by Crippen LogP contribution is -2.55. The predicted molar refractivity (Wildman–Crippen MR) is 141 cm³/mol. The van der Waals surface area contributed by atoms with Gasteiger partial charge in [0.15, 0.2) is 0 Å². The zero-order chi connectivity index (χ0) is 25.2. The van der Waals surface area contributed by atoms with Crippen LogP contribution in [0, 0.1) is 11.7 Å². The van der Waals surface area contributed by atoms with Crippen LogP contribution in [0.3, 0.4) is 0 Å². The number of carbonyl (C=O) groups is 2. The average molecular weight is 510 g/mol. The van der Waals surface area contributed by atoms with Crippen molar-refractivity contribution in [2.24, 2.45) is 5.92 Å². The molecule has 0 radical (unpaired) electrons. The van der Waals surface area contributed by atoms with Crippen LogP contribution in [-0.4, -0.2) is 73.2 Å². The standard InChI is InChI=1S/C28H32FN3O3S/c1-30-24-18-20(27(33)32-14-12-31(13-15-32)22-9-7-21(29)8-10-22)6-11-25(24)36-26(28(30)34)17-19-4-3-5-23(16-19)35-2/h3-5,7-10,16-17,20,24-25H,6,11-15,18H2,1-2H3/b26-17-. The van der Waals surface area contributed by atoms with Crippen LogP contribution in [0.15, 0.2) is 53.4 Å². The predicted octanol–water partition coefficient (Wildman–Crippen LogP) is 4.27. The number of thioether (sulfide) groups is 1. The fraction of sp³-hybridized carbons (Fsp3) is 0.429. The zero-order valence-corrected chi connectivity index (χ0v) is 21.5. The Balaban J connectivity index is 1.20. The second kappa shape index (κ2) is 10.5. The summed E-state index contributed by atoms with van der Waals surface area (Å²) in [5, 5.41) is 0.295. The highest BCUT2D eigenvalue weighted by Crippen LogP contribution is 2.43. The van der Waals surface area contributed by atoms with Crippen molar-refractivity contribution in [1.82, 2.24) is 9.80 Å². The molecule has 1 aliphatic carbocycles. The first-order chi connectivity index (χ1) is 17.4. The third kappa shape index (κ3) is 5.09. The first-order valence-electron chi connectivity index (χ1n) is 12.5. The highest BCUT2D eigenvalue weighted by atomic mass is 32.2. The third-order valence-electron chi connectivity index (χ3n) is 7.59. The molecule has 0 spiro atoms. The fourth-order valence-electron chi connectivity index (χ4n) is 5.50. The number of methoxy groups -OCH3 is 1. The number of hydrogen-bond donors (Lipinski definition) is 0. The molecular weight excluding hydrogens is 477 g/mol. The second-order valence-electron chi connectivity index (χ2n) is 9.72. The lowest BCUT2D eigenvalue weighted by atomic mass is 9.83. The van der Waals surface area contributed by atoms with Gasteiger partial charge in [0.2, 0.25) is 5.91 Å². The molecule has 3 fully saturated rings. The minimum Gasteiger partial charge on any atom is -0.497 e. The van der Waals surface area contributed by atoms with E-state index in [1.807, 2.05) is 47.2 Å². The highest BCUT2D eigenvalue weighted by molar-refractivity contribution is 8.04. The molecular formula is C28H32FN3O3S. The Morgan fingerprint density at radius 2 is 1.83 bits per heavy atom. The number of rotatable bonds is 4. The molecule has 2 saturated heterocycles. The molecule has 5 rings (SSSR count). The number of fused-ring (bicyclic) bond motifs is 1. The Morgan fingerprint density at radius 3 is 2.56 bits per heavy atom. The monoisotopic (exact) mass is 509 g/mol. The van der Waals surface area contributed by atoms with E-state index in [4.69, 9.17) is 4.74 Å². The minimum atomic E-state index is -0.240. The Kier molecular flexibility index (Phi) is 7.23. The number of benzene rings is 2. The van der Waals surface area contributed by atoms with Crippen LogP contribution in [0.1, 0.15) is 24.8 Å². The molecule has 8 heteroatoms. The van der Waals surface area contributed by atoms with Gasteiger partial charge in [0.05, 0.1) is 12.0 Å². The van der Waals surface area contributed by atoms with E-state index in [1.54, 1.807) is 31.0 Å². The normalized spacial score (nSPS) is 25.6. The van der Waals surface area contributed by atoms with E-state index in [-0.39, 0.29) is 29.6 Å². The molecule has 0 bridgehead atoms. The van der Waals surface area contributed by atoms with E-state index in [0.717, 1.165) is 47.8 Å². The largest absolute Gasteiger partial charge is 0.497 e. The van der Waals surface area contributed by atoms with E-state index in [2.05, 4.69) is 4.90 Å². The molecule has 2 amide bonds. The number of amides is 2. The first-order valence-corrected chi connectivity index (χ1v) is 13.4. The molecule has 3 unspecified atom stereocenters. The van der Waals surface area contributed by atoms with Gasteiger partial charge in [-0.15, -0.1) is 11.8 Å². The van der Waals surface area contributed by atoms with Gasteiger partial charge in [0, 0.05) is 56.1 Å². The van der Waals surface area contributed by atoms with Gasteiger partial charge < -0.3 is 19.4 Å². The summed E-state index contributed by atoms with van der Waals surface area (Å²) in [7, 11) is 3.50. The molecule has 2 aromatic carbocycles. The van der Waals surface area contributed by atoms with Crippen LogP contribution in [-0.2, 0) is 9.59 Å². The molecule has 36 heavy (non-hydrogen) atoms.